The third-order valence-corrected chi connectivity index (χ3v) is 6.85. The molecule has 1 aliphatic rings. The Hall–Kier alpha value is -1.00. The van der Waals surface area contributed by atoms with Gasteiger partial charge in [0.25, 0.3) is 0 Å². The molecule has 4 heteroatoms. The molecule has 0 radical (unpaired) electrons. The Balaban J connectivity index is 1.91. The molecule has 104 valence electrons. The molecule has 1 aromatic carbocycles. The molecule has 2 unspecified atom stereocenters. The summed E-state index contributed by atoms with van der Waals surface area (Å²) in [5.74, 6) is 2.50. The summed E-state index contributed by atoms with van der Waals surface area (Å²) in [6.45, 7) is 2.17. The Bertz CT molecular complexity index is 629. The summed E-state index contributed by atoms with van der Waals surface area (Å²) in [5, 5.41) is 1.63. The van der Waals surface area contributed by atoms with Crippen molar-refractivity contribution in [1.29, 1.82) is 0 Å². The van der Waals surface area contributed by atoms with Gasteiger partial charge in [-0.15, -0.1) is 11.8 Å². The zero-order valence-corrected chi connectivity index (χ0v) is 13.0. The number of pyridine rings is 1. The minimum absolute atomic E-state index is 0.0971. The summed E-state index contributed by atoms with van der Waals surface area (Å²) in [4.78, 5) is 17.1. The number of hydrogen-bond donors (Lipinski definition) is 0. The average molecular weight is 303 g/mol. The van der Waals surface area contributed by atoms with Crippen LogP contribution in [-0.2, 0) is 0 Å². The van der Waals surface area contributed by atoms with Gasteiger partial charge in [0, 0.05) is 33.9 Å². The molecule has 1 aliphatic heterocycles. The predicted octanol–water partition coefficient (Wildman–Crippen LogP) is 4.04. The number of fused-ring (bicyclic) bond motifs is 1. The molecule has 3 rings (SSSR count). The maximum absolute atomic E-state index is 12.8. The lowest BCUT2D eigenvalue weighted by Gasteiger charge is -2.28. The minimum Gasteiger partial charge on any atom is -0.293 e. The van der Waals surface area contributed by atoms with Crippen LogP contribution in [0.4, 0.5) is 0 Å². The molecule has 1 fully saturated rings. The van der Waals surface area contributed by atoms with Crippen molar-refractivity contribution in [2.75, 3.05) is 11.5 Å². The Kier molecular flexibility index (Phi) is 4.32. The molecule has 2 heterocycles. The highest BCUT2D eigenvalue weighted by Gasteiger charge is 2.31. The van der Waals surface area contributed by atoms with E-state index in [-0.39, 0.29) is 11.0 Å². The molecule has 0 N–H and O–H groups in total. The molecule has 0 saturated carbocycles. The second-order valence-corrected chi connectivity index (χ2v) is 7.48. The van der Waals surface area contributed by atoms with E-state index in [1.54, 1.807) is 6.20 Å². The van der Waals surface area contributed by atoms with E-state index < -0.39 is 0 Å². The van der Waals surface area contributed by atoms with Gasteiger partial charge < -0.3 is 0 Å². The van der Waals surface area contributed by atoms with Crippen molar-refractivity contribution < 1.29 is 4.79 Å². The Morgan fingerprint density at radius 1 is 1.30 bits per heavy atom. The van der Waals surface area contributed by atoms with E-state index in [4.69, 9.17) is 0 Å². The molecular formula is C16H17NOS2. The zero-order chi connectivity index (χ0) is 13.9. The van der Waals surface area contributed by atoms with E-state index in [1.165, 1.54) is 0 Å². The van der Waals surface area contributed by atoms with Crippen LogP contribution in [0.3, 0.4) is 0 Å². The fraction of sp³-hybridized carbons (Fsp3) is 0.375. The third kappa shape index (κ3) is 2.72. The highest BCUT2D eigenvalue weighted by Crippen LogP contribution is 2.35. The van der Waals surface area contributed by atoms with Gasteiger partial charge in [-0.1, -0.05) is 25.1 Å². The highest BCUT2D eigenvalue weighted by molar-refractivity contribution is 8.07. The molecular weight excluding hydrogens is 286 g/mol. The summed E-state index contributed by atoms with van der Waals surface area (Å²) < 4.78 is 0. The quantitative estimate of drug-likeness (QED) is 0.800. The lowest BCUT2D eigenvalue weighted by Crippen LogP contribution is -2.32. The van der Waals surface area contributed by atoms with Crippen molar-refractivity contribution in [3.63, 3.8) is 0 Å². The number of rotatable bonds is 3. The van der Waals surface area contributed by atoms with E-state index in [2.05, 4.69) is 11.9 Å². The van der Waals surface area contributed by atoms with Gasteiger partial charge in [-0.05, 0) is 18.6 Å². The summed E-state index contributed by atoms with van der Waals surface area (Å²) in [6, 6.07) is 9.82. The predicted molar refractivity (Wildman–Crippen MR) is 88.9 cm³/mol. The fourth-order valence-corrected chi connectivity index (χ4v) is 5.56. The van der Waals surface area contributed by atoms with Crippen LogP contribution in [0.1, 0.15) is 23.7 Å². The van der Waals surface area contributed by atoms with Crippen molar-refractivity contribution in [3.05, 3.63) is 42.1 Å². The molecule has 0 spiro atoms. The van der Waals surface area contributed by atoms with Gasteiger partial charge in [0.15, 0.2) is 5.78 Å². The molecule has 20 heavy (non-hydrogen) atoms. The smallest absolute Gasteiger partial charge is 0.176 e. The van der Waals surface area contributed by atoms with Gasteiger partial charge >= 0.3 is 0 Å². The average Bonchev–Trinajstić information content (AvgIpc) is 2.53. The second kappa shape index (κ2) is 6.19. The largest absolute Gasteiger partial charge is 0.293 e. The lowest BCUT2D eigenvalue weighted by molar-refractivity contribution is 0.0988. The van der Waals surface area contributed by atoms with Crippen LogP contribution >= 0.6 is 23.5 Å². The maximum Gasteiger partial charge on any atom is 0.176 e. The number of Topliss-reactive ketones (excluding diaryl/α,β-unsaturated/α-hetero) is 1. The second-order valence-electron chi connectivity index (χ2n) is 4.88. The van der Waals surface area contributed by atoms with Crippen LogP contribution in [0.25, 0.3) is 10.9 Å². The fourth-order valence-electron chi connectivity index (χ4n) is 2.53. The number of benzene rings is 1. The van der Waals surface area contributed by atoms with Gasteiger partial charge in [-0.2, -0.15) is 11.8 Å². The van der Waals surface area contributed by atoms with Gasteiger partial charge in [0.05, 0.1) is 10.8 Å². The number of ketones is 1. The number of aromatic nitrogens is 1. The molecule has 0 bridgehead atoms. The first-order valence-electron chi connectivity index (χ1n) is 6.92. The normalized spacial score (nSPS) is 22.9. The number of nitrogens with zero attached hydrogens (tertiary/aromatic N) is 1. The van der Waals surface area contributed by atoms with Gasteiger partial charge in [-0.25, -0.2) is 0 Å². The van der Waals surface area contributed by atoms with Gasteiger partial charge in [0.2, 0.25) is 0 Å². The molecule has 2 nitrogen and oxygen atoms in total. The SMILES string of the molecule is CCC1SCCSC1C(=O)c1ccc2cccnc2c1. The maximum atomic E-state index is 12.8. The Morgan fingerprint density at radius 3 is 3.00 bits per heavy atom. The first-order chi connectivity index (χ1) is 9.79. The number of thioether (sulfide) groups is 2. The topological polar surface area (TPSA) is 30.0 Å². The van der Waals surface area contributed by atoms with Crippen LogP contribution < -0.4 is 0 Å². The molecule has 0 amide bonds. The molecule has 0 aliphatic carbocycles. The first kappa shape index (κ1) is 14.0. The third-order valence-electron chi connectivity index (χ3n) is 3.60. The van der Waals surface area contributed by atoms with E-state index >= 15 is 0 Å². The number of hydrogen-bond acceptors (Lipinski definition) is 4. The van der Waals surface area contributed by atoms with Crippen molar-refractivity contribution in [3.8, 4) is 0 Å². The Morgan fingerprint density at radius 2 is 2.15 bits per heavy atom. The van der Waals surface area contributed by atoms with Gasteiger partial charge in [0.1, 0.15) is 0 Å². The van der Waals surface area contributed by atoms with Crippen molar-refractivity contribution in [1.82, 2.24) is 4.98 Å². The standard InChI is InChI=1S/C16H17NOS2/c1-2-14-16(20-9-8-19-14)15(18)12-6-5-11-4-3-7-17-13(11)10-12/h3-7,10,14,16H,2,8-9H2,1H3. The lowest BCUT2D eigenvalue weighted by atomic mass is 10.0. The van der Waals surface area contributed by atoms with Crippen molar-refractivity contribution in [2.45, 2.75) is 23.8 Å². The monoisotopic (exact) mass is 303 g/mol. The van der Waals surface area contributed by atoms with Crippen molar-refractivity contribution in [2.24, 2.45) is 0 Å². The van der Waals surface area contributed by atoms with E-state index in [0.29, 0.717) is 5.25 Å². The first-order valence-corrected chi connectivity index (χ1v) is 9.01. The molecule has 1 aromatic heterocycles. The minimum atomic E-state index is 0.0971. The van der Waals surface area contributed by atoms with E-state index in [0.717, 1.165) is 34.4 Å². The highest BCUT2D eigenvalue weighted by atomic mass is 32.2. The Labute approximate surface area is 127 Å². The van der Waals surface area contributed by atoms with Crippen molar-refractivity contribution >= 4 is 40.2 Å². The zero-order valence-electron chi connectivity index (χ0n) is 11.4. The van der Waals surface area contributed by atoms with E-state index in [1.807, 2.05) is 53.9 Å². The van der Waals surface area contributed by atoms with Crippen LogP contribution in [0, 0.1) is 0 Å². The van der Waals surface area contributed by atoms with E-state index in [9.17, 15) is 4.79 Å². The molecule has 1 saturated heterocycles. The number of carbonyl (C=O) groups excluding carboxylic acids is 1. The van der Waals surface area contributed by atoms with Crippen LogP contribution in [-0.4, -0.2) is 32.8 Å². The summed E-state index contributed by atoms with van der Waals surface area (Å²) >= 11 is 3.75. The molecule has 2 atom stereocenters. The van der Waals surface area contributed by atoms with Crippen LogP contribution in [0.2, 0.25) is 0 Å². The summed E-state index contributed by atoms with van der Waals surface area (Å²) in [6.07, 6.45) is 2.83. The summed E-state index contributed by atoms with van der Waals surface area (Å²) in [7, 11) is 0. The van der Waals surface area contributed by atoms with Crippen LogP contribution in [0.5, 0.6) is 0 Å². The van der Waals surface area contributed by atoms with Gasteiger partial charge in [-0.3, -0.25) is 9.78 Å². The number of carbonyl (C=O) groups is 1. The van der Waals surface area contributed by atoms with Crippen LogP contribution in [0.15, 0.2) is 36.5 Å². The summed E-state index contributed by atoms with van der Waals surface area (Å²) in [5.41, 5.74) is 1.70. The molecule has 2 aromatic rings.